The summed E-state index contributed by atoms with van der Waals surface area (Å²) in [6, 6.07) is 8.32. The molecule has 0 atom stereocenters. The molecule has 0 bridgehead atoms. The number of carbonyl (C=O) groups is 1. The van der Waals surface area contributed by atoms with Gasteiger partial charge in [0.1, 0.15) is 5.75 Å². The molecule has 3 rings (SSSR count). The first-order valence-electron chi connectivity index (χ1n) is 11.6. The average molecular weight is 447 g/mol. The number of carbonyl (C=O) groups excluding carboxylic acids is 1. The van der Waals surface area contributed by atoms with E-state index in [0.717, 1.165) is 70.5 Å². The predicted octanol–water partition coefficient (Wildman–Crippen LogP) is 1.56. The van der Waals surface area contributed by atoms with Crippen molar-refractivity contribution >= 4 is 17.7 Å². The number of nitrogens with one attached hydrogen (secondary N) is 1. The van der Waals surface area contributed by atoms with E-state index in [2.05, 4.69) is 37.1 Å². The molecule has 0 aromatic heterocycles. The Morgan fingerprint density at radius 3 is 2.25 bits per heavy atom. The van der Waals surface area contributed by atoms with Gasteiger partial charge in [-0.05, 0) is 44.2 Å². The number of anilines is 1. The van der Waals surface area contributed by atoms with Gasteiger partial charge in [0.05, 0.1) is 13.7 Å². The van der Waals surface area contributed by atoms with Gasteiger partial charge in [0, 0.05) is 71.6 Å². The molecule has 1 aromatic carbocycles. The Balaban J connectivity index is 1.31. The predicted molar refractivity (Wildman–Crippen MR) is 128 cm³/mol. The van der Waals surface area contributed by atoms with Crippen LogP contribution in [-0.2, 0) is 4.74 Å². The van der Waals surface area contributed by atoms with Crippen molar-refractivity contribution < 1.29 is 14.3 Å². The summed E-state index contributed by atoms with van der Waals surface area (Å²) >= 11 is 0. The standard InChI is InChI=1S/C23H38N6O3/c1-4-32-23(30)29-18-16-28(17-19-29)22(24-2)25-10-5-11-26-12-14-27(15-13-26)20-6-8-21(31-3)9-7-20/h6-9H,4-5,10-19H2,1-3H3,(H,24,25). The summed E-state index contributed by atoms with van der Waals surface area (Å²) in [6.07, 6.45) is 0.854. The second-order valence-electron chi connectivity index (χ2n) is 8.03. The maximum atomic E-state index is 11.9. The Morgan fingerprint density at radius 2 is 1.66 bits per heavy atom. The molecule has 0 aliphatic carbocycles. The number of hydrogen-bond acceptors (Lipinski definition) is 6. The molecule has 2 heterocycles. The van der Waals surface area contributed by atoms with Gasteiger partial charge >= 0.3 is 6.09 Å². The molecule has 2 fully saturated rings. The minimum atomic E-state index is -0.220. The second-order valence-corrected chi connectivity index (χ2v) is 8.03. The van der Waals surface area contributed by atoms with Crippen molar-refractivity contribution in [3.05, 3.63) is 24.3 Å². The van der Waals surface area contributed by atoms with Crippen LogP contribution in [0, 0.1) is 0 Å². The monoisotopic (exact) mass is 446 g/mol. The van der Waals surface area contributed by atoms with Gasteiger partial charge in [0.2, 0.25) is 0 Å². The molecule has 0 spiro atoms. The number of aliphatic imine (C=N–C) groups is 1. The quantitative estimate of drug-likeness (QED) is 0.387. The third-order valence-electron chi connectivity index (χ3n) is 6.06. The molecular weight excluding hydrogens is 408 g/mol. The van der Waals surface area contributed by atoms with Crippen LogP contribution in [0.2, 0.25) is 0 Å². The lowest BCUT2D eigenvalue weighted by Crippen LogP contribution is -2.54. The van der Waals surface area contributed by atoms with E-state index in [1.807, 2.05) is 26.1 Å². The van der Waals surface area contributed by atoms with E-state index in [0.29, 0.717) is 19.7 Å². The van der Waals surface area contributed by atoms with Gasteiger partial charge in [-0.1, -0.05) is 0 Å². The summed E-state index contributed by atoms with van der Waals surface area (Å²) < 4.78 is 10.3. The smallest absolute Gasteiger partial charge is 0.409 e. The lowest BCUT2D eigenvalue weighted by Gasteiger charge is -2.37. The zero-order valence-corrected chi connectivity index (χ0v) is 19.8. The Labute approximate surface area is 191 Å². The van der Waals surface area contributed by atoms with Crippen molar-refractivity contribution in [2.24, 2.45) is 4.99 Å². The van der Waals surface area contributed by atoms with Crippen molar-refractivity contribution in [2.75, 3.05) is 91.1 Å². The van der Waals surface area contributed by atoms with E-state index < -0.39 is 0 Å². The van der Waals surface area contributed by atoms with Crippen LogP contribution in [-0.4, -0.2) is 113 Å². The third kappa shape index (κ3) is 6.66. The highest BCUT2D eigenvalue weighted by atomic mass is 16.6. The largest absolute Gasteiger partial charge is 0.497 e. The number of nitrogens with zero attached hydrogens (tertiary/aromatic N) is 5. The number of ether oxygens (including phenoxy) is 2. The van der Waals surface area contributed by atoms with Crippen molar-refractivity contribution in [3.63, 3.8) is 0 Å². The Bertz CT molecular complexity index is 726. The zero-order valence-electron chi connectivity index (χ0n) is 19.8. The number of rotatable bonds is 7. The molecule has 0 radical (unpaired) electrons. The highest BCUT2D eigenvalue weighted by Gasteiger charge is 2.23. The van der Waals surface area contributed by atoms with Crippen LogP contribution >= 0.6 is 0 Å². The summed E-state index contributed by atoms with van der Waals surface area (Å²) in [5, 5.41) is 3.49. The fourth-order valence-electron chi connectivity index (χ4n) is 4.17. The molecular formula is C23H38N6O3. The number of piperazine rings is 2. The van der Waals surface area contributed by atoms with E-state index in [-0.39, 0.29) is 6.09 Å². The lowest BCUT2D eigenvalue weighted by atomic mass is 10.2. The molecule has 2 aliphatic rings. The van der Waals surface area contributed by atoms with Gasteiger partial charge in [-0.25, -0.2) is 4.79 Å². The Kier molecular flexibility index (Phi) is 9.27. The average Bonchev–Trinajstić information content (AvgIpc) is 2.85. The van der Waals surface area contributed by atoms with Crippen LogP contribution < -0.4 is 15.0 Å². The summed E-state index contributed by atoms with van der Waals surface area (Å²) in [4.78, 5) is 25.2. The van der Waals surface area contributed by atoms with Crippen LogP contribution in [0.15, 0.2) is 29.3 Å². The molecule has 1 amide bonds. The Morgan fingerprint density at radius 1 is 1.00 bits per heavy atom. The van der Waals surface area contributed by atoms with E-state index in [1.54, 1.807) is 12.0 Å². The van der Waals surface area contributed by atoms with E-state index >= 15 is 0 Å². The van der Waals surface area contributed by atoms with Gasteiger partial charge in [-0.3, -0.25) is 9.89 Å². The third-order valence-corrected chi connectivity index (χ3v) is 6.06. The highest BCUT2D eigenvalue weighted by Crippen LogP contribution is 2.20. The van der Waals surface area contributed by atoms with Gasteiger partial charge in [-0.15, -0.1) is 0 Å². The number of benzene rings is 1. The van der Waals surface area contributed by atoms with Gasteiger partial charge in [0.25, 0.3) is 0 Å². The molecule has 2 aliphatic heterocycles. The molecule has 0 unspecified atom stereocenters. The van der Waals surface area contributed by atoms with E-state index in [4.69, 9.17) is 9.47 Å². The fraction of sp³-hybridized carbons (Fsp3) is 0.652. The fourth-order valence-corrected chi connectivity index (χ4v) is 4.17. The Hall–Kier alpha value is -2.68. The van der Waals surface area contributed by atoms with Gasteiger partial charge < -0.3 is 29.5 Å². The zero-order chi connectivity index (χ0) is 22.8. The first-order valence-corrected chi connectivity index (χ1v) is 11.6. The summed E-state index contributed by atoms with van der Waals surface area (Å²) in [5.74, 6) is 1.81. The topological polar surface area (TPSA) is 72.9 Å². The van der Waals surface area contributed by atoms with Crippen LogP contribution in [0.25, 0.3) is 0 Å². The molecule has 32 heavy (non-hydrogen) atoms. The molecule has 1 aromatic rings. The van der Waals surface area contributed by atoms with E-state index in [1.165, 1.54) is 5.69 Å². The van der Waals surface area contributed by atoms with Crippen LogP contribution in [0.3, 0.4) is 0 Å². The molecule has 9 heteroatoms. The molecule has 2 saturated heterocycles. The molecule has 0 saturated carbocycles. The first-order chi connectivity index (χ1) is 15.6. The van der Waals surface area contributed by atoms with Crippen LogP contribution in [0.5, 0.6) is 5.75 Å². The van der Waals surface area contributed by atoms with Crippen molar-refractivity contribution in [1.82, 2.24) is 20.0 Å². The summed E-state index contributed by atoms with van der Waals surface area (Å²) in [5.41, 5.74) is 1.26. The number of hydrogen-bond donors (Lipinski definition) is 1. The van der Waals surface area contributed by atoms with Crippen molar-refractivity contribution in [2.45, 2.75) is 13.3 Å². The summed E-state index contributed by atoms with van der Waals surface area (Å²) in [7, 11) is 3.52. The highest BCUT2D eigenvalue weighted by molar-refractivity contribution is 5.80. The van der Waals surface area contributed by atoms with Crippen molar-refractivity contribution in [3.8, 4) is 5.75 Å². The first kappa shape index (κ1) is 24.0. The second kappa shape index (κ2) is 12.4. The molecule has 1 N–H and O–H groups in total. The van der Waals surface area contributed by atoms with Crippen LogP contribution in [0.4, 0.5) is 10.5 Å². The normalized spacial score (nSPS) is 18.0. The molecule has 9 nitrogen and oxygen atoms in total. The minimum absolute atomic E-state index is 0.220. The molecule has 178 valence electrons. The van der Waals surface area contributed by atoms with Gasteiger partial charge in [0.15, 0.2) is 5.96 Å². The summed E-state index contributed by atoms with van der Waals surface area (Å²) in [6.45, 7) is 11.3. The van der Waals surface area contributed by atoms with Crippen LogP contribution in [0.1, 0.15) is 13.3 Å². The van der Waals surface area contributed by atoms with Gasteiger partial charge in [-0.2, -0.15) is 0 Å². The SMILES string of the molecule is CCOC(=O)N1CCN(C(=NC)NCCCN2CCN(c3ccc(OC)cc3)CC2)CC1. The van der Waals surface area contributed by atoms with E-state index in [9.17, 15) is 4.79 Å². The number of methoxy groups -OCH3 is 1. The number of amides is 1. The maximum Gasteiger partial charge on any atom is 0.409 e. The van der Waals surface area contributed by atoms with Crippen molar-refractivity contribution in [1.29, 1.82) is 0 Å². The number of guanidine groups is 1. The lowest BCUT2D eigenvalue weighted by molar-refractivity contribution is 0.0914. The minimum Gasteiger partial charge on any atom is -0.497 e. The maximum absolute atomic E-state index is 11.9.